The Morgan fingerprint density at radius 1 is 0.977 bits per heavy atom. The summed E-state index contributed by atoms with van der Waals surface area (Å²) < 4.78 is 11.8. The molecular weight excluding hydrogens is 587 g/mol. The van der Waals surface area contributed by atoms with E-state index in [4.69, 9.17) is 27.4 Å². The van der Waals surface area contributed by atoms with Crippen LogP contribution in [0.25, 0.3) is 0 Å². The van der Waals surface area contributed by atoms with Crippen LogP contribution in [0, 0.1) is 3.95 Å². The number of hydrogen-bond acceptors (Lipinski definition) is 9. The van der Waals surface area contributed by atoms with Crippen molar-refractivity contribution in [1.82, 2.24) is 15.1 Å². The predicted molar refractivity (Wildman–Crippen MR) is 167 cm³/mol. The number of nitrogens with one attached hydrogen (secondary N) is 2. The van der Waals surface area contributed by atoms with Crippen LogP contribution in [-0.4, -0.2) is 44.6 Å². The molecule has 4 rings (SSSR count). The molecular formula is C31H33N5O5S2. The van der Waals surface area contributed by atoms with Crippen molar-refractivity contribution in [2.75, 3.05) is 5.32 Å². The van der Waals surface area contributed by atoms with Crippen LogP contribution in [0.15, 0.2) is 84.9 Å². The Morgan fingerprint density at radius 3 is 2.19 bits per heavy atom. The SMILES string of the molecule is CC(C)(C)OC(=O)N(C(=O)[C@@H](N)Cc1ccc(OCc2ccccc2)cc1)C(C(=O)Nc1n[nH]c(=S)s1)c1ccccc1. The lowest BCUT2D eigenvalue weighted by atomic mass is 10.0. The number of aromatic nitrogens is 2. The molecule has 0 aliphatic carbocycles. The van der Waals surface area contributed by atoms with Gasteiger partial charge in [-0.15, -0.1) is 5.10 Å². The molecule has 2 atom stereocenters. The summed E-state index contributed by atoms with van der Waals surface area (Å²) >= 11 is 6.11. The summed E-state index contributed by atoms with van der Waals surface area (Å²) in [6.45, 7) is 5.42. The van der Waals surface area contributed by atoms with Crippen LogP contribution in [0.2, 0.25) is 0 Å². The van der Waals surface area contributed by atoms with Gasteiger partial charge in [-0.1, -0.05) is 84.1 Å². The summed E-state index contributed by atoms with van der Waals surface area (Å²) in [5.41, 5.74) is 7.62. The van der Waals surface area contributed by atoms with Gasteiger partial charge in [-0.3, -0.25) is 20.0 Å². The number of carbonyl (C=O) groups is 3. The third-order valence-corrected chi connectivity index (χ3v) is 7.07. The number of amides is 3. The molecule has 0 aliphatic rings. The van der Waals surface area contributed by atoms with Crippen LogP contribution in [0.5, 0.6) is 5.75 Å². The molecule has 0 spiro atoms. The molecule has 1 aromatic heterocycles. The van der Waals surface area contributed by atoms with E-state index in [1.54, 1.807) is 75.4 Å². The molecule has 0 fully saturated rings. The fourth-order valence-electron chi connectivity index (χ4n) is 4.13. The number of aromatic amines is 1. The number of nitrogens with zero attached hydrogens (tertiary/aromatic N) is 2. The first-order valence-corrected chi connectivity index (χ1v) is 14.7. The van der Waals surface area contributed by atoms with Gasteiger partial charge < -0.3 is 15.2 Å². The van der Waals surface area contributed by atoms with Gasteiger partial charge in [-0.05, 0) is 68.2 Å². The van der Waals surface area contributed by atoms with E-state index in [0.717, 1.165) is 27.4 Å². The van der Waals surface area contributed by atoms with Gasteiger partial charge in [0.1, 0.15) is 24.0 Å². The molecule has 0 aliphatic heterocycles. The number of carbonyl (C=O) groups excluding carboxylic acids is 3. The lowest BCUT2D eigenvalue weighted by molar-refractivity contribution is -0.139. The van der Waals surface area contributed by atoms with Gasteiger partial charge in [0.15, 0.2) is 3.95 Å². The van der Waals surface area contributed by atoms with Crippen molar-refractivity contribution in [3.8, 4) is 5.75 Å². The Hall–Kier alpha value is -4.39. The van der Waals surface area contributed by atoms with Crippen LogP contribution in [0.4, 0.5) is 9.93 Å². The number of anilines is 1. The molecule has 43 heavy (non-hydrogen) atoms. The molecule has 3 amide bonds. The summed E-state index contributed by atoms with van der Waals surface area (Å²) in [6, 6.07) is 22.8. The normalized spacial score (nSPS) is 12.6. The van der Waals surface area contributed by atoms with E-state index in [9.17, 15) is 14.4 Å². The van der Waals surface area contributed by atoms with E-state index in [0.29, 0.717) is 21.9 Å². The van der Waals surface area contributed by atoms with Crippen molar-refractivity contribution in [2.45, 2.75) is 51.5 Å². The third-order valence-electron chi connectivity index (χ3n) is 6.06. The highest BCUT2D eigenvalue weighted by molar-refractivity contribution is 7.73. The minimum atomic E-state index is -1.40. The minimum Gasteiger partial charge on any atom is -0.489 e. The van der Waals surface area contributed by atoms with E-state index in [1.807, 2.05) is 30.3 Å². The Morgan fingerprint density at radius 2 is 1.60 bits per heavy atom. The van der Waals surface area contributed by atoms with Crippen LogP contribution in [0.3, 0.4) is 0 Å². The van der Waals surface area contributed by atoms with E-state index in [2.05, 4.69) is 15.5 Å². The number of ether oxygens (including phenoxy) is 2. The van der Waals surface area contributed by atoms with Gasteiger partial charge in [0.05, 0.1) is 6.04 Å². The maximum absolute atomic E-state index is 13.9. The highest BCUT2D eigenvalue weighted by Crippen LogP contribution is 2.27. The van der Waals surface area contributed by atoms with Crippen LogP contribution in [-0.2, 0) is 27.4 Å². The number of H-pyrrole nitrogens is 1. The van der Waals surface area contributed by atoms with Crippen LogP contribution < -0.4 is 15.8 Å². The maximum atomic E-state index is 13.9. The lowest BCUT2D eigenvalue weighted by Crippen LogP contribution is -2.53. The van der Waals surface area contributed by atoms with Crippen molar-refractivity contribution in [1.29, 1.82) is 0 Å². The van der Waals surface area contributed by atoms with E-state index in [1.165, 1.54) is 0 Å². The average Bonchev–Trinajstić information content (AvgIpc) is 3.39. The van der Waals surface area contributed by atoms with Crippen molar-refractivity contribution < 1.29 is 23.9 Å². The molecule has 4 N–H and O–H groups in total. The quantitative estimate of drug-likeness (QED) is 0.190. The molecule has 0 saturated carbocycles. The minimum absolute atomic E-state index is 0.0982. The molecule has 0 saturated heterocycles. The molecule has 3 aromatic carbocycles. The monoisotopic (exact) mass is 619 g/mol. The molecule has 224 valence electrons. The molecule has 1 heterocycles. The standard InChI is InChI=1S/C31H33N5O5S2/c1-31(2,3)41-30(39)36(25(22-12-8-5-9-13-22)26(37)33-28-34-35-29(42)43-28)27(38)24(32)18-20-14-16-23(17-15-20)40-19-21-10-6-4-7-11-21/h4-17,24-25H,18-19,32H2,1-3H3,(H,35,42)(H,33,34,37)/t24-,25?/m0/s1. The van der Waals surface area contributed by atoms with Crippen LogP contribution >= 0.6 is 23.6 Å². The molecule has 10 nitrogen and oxygen atoms in total. The number of nitrogens with two attached hydrogens (primary N) is 1. The zero-order chi connectivity index (χ0) is 31.0. The summed E-state index contributed by atoms with van der Waals surface area (Å²) in [7, 11) is 0. The Labute approximate surface area is 258 Å². The first-order chi connectivity index (χ1) is 20.5. The zero-order valence-electron chi connectivity index (χ0n) is 24.0. The second kappa shape index (κ2) is 14.2. The Kier molecular flexibility index (Phi) is 10.4. The predicted octanol–water partition coefficient (Wildman–Crippen LogP) is 5.79. The number of hydrogen-bond donors (Lipinski definition) is 3. The molecule has 4 aromatic rings. The van der Waals surface area contributed by atoms with Gasteiger partial charge in [0, 0.05) is 0 Å². The molecule has 0 radical (unpaired) electrons. The third kappa shape index (κ3) is 9.05. The lowest BCUT2D eigenvalue weighted by Gasteiger charge is -2.33. The van der Waals surface area contributed by atoms with Crippen molar-refractivity contribution in [3.05, 3.63) is 106 Å². The van der Waals surface area contributed by atoms with Gasteiger partial charge >= 0.3 is 6.09 Å². The van der Waals surface area contributed by atoms with Gasteiger partial charge in [-0.2, -0.15) is 0 Å². The highest BCUT2D eigenvalue weighted by atomic mass is 32.1. The highest BCUT2D eigenvalue weighted by Gasteiger charge is 2.41. The fraction of sp³-hybridized carbons (Fsp3) is 0.258. The van der Waals surface area contributed by atoms with Gasteiger partial charge in [-0.25, -0.2) is 9.69 Å². The molecule has 12 heteroatoms. The Balaban J connectivity index is 1.57. The van der Waals surface area contributed by atoms with Crippen LogP contribution in [0.1, 0.15) is 43.5 Å². The van der Waals surface area contributed by atoms with Gasteiger partial charge in [0.2, 0.25) is 11.0 Å². The first-order valence-electron chi connectivity index (χ1n) is 13.5. The second-order valence-corrected chi connectivity index (χ2v) is 12.3. The van der Waals surface area contributed by atoms with E-state index < -0.39 is 35.6 Å². The van der Waals surface area contributed by atoms with Crippen molar-refractivity contribution >= 4 is 46.6 Å². The number of benzene rings is 3. The smallest absolute Gasteiger partial charge is 0.418 e. The first kappa shape index (κ1) is 31.5. The van der Waals surface area contributed by atoms with Gasteiger partial charge in [0.25, 0.3) is 5.91 Å². The number of imide groups is 1. The second-order valence-electron chi connectivity index (χ2n) is 10.6. The topological polar surface area (TPSA) is 140 Å². The Bertz CT molecular complexity index is 1580. The maximum Gasteiger partial charge on any atom is 0.418 e. The number of rotatable bonds is 10. The summed E-state index contributed by atoms with van der Waals surface area (Å²) in [6.07, 6.45) is -0.905. The summed E-state index contributed by atoms with van der Waals surface area (Å²) in [5, 5.41) is 9.40. The fourth-order valence-corrected chi connectivity index (χ4v) is 4.92. The van der Waals surface area contributed by atoms with E-state index in [-0.39, 0.29) is 11.6 Å². The average molecular weight is 620 g/mol. The summed E-state index contributed by atoms with van der Waals surface area (Å²) in [4.78, 5) is 42.0. The molecule has 0 bridgehead atoms. The largest absolute Gasteiger partial charge is 0.489 e. The molecule has 1 unspecified atom stereocenters. The van der Waals surface area contributed by atoms with E-state index >= 15 is 0 Å². The summed E-state index contributed by atoms with van der Waals surface area (Å²) in [5.74, 6) is -0.807. The van der Waals surface area contributed by atoms with Crippen molar-refractivity contribution in [2.24, 2.45) is 5.73 Å². The zero-order valence-corrected chi connectivity index (χ0v) is 25.6. The van der Waals surface area contributed by atoms with Crippen molar-refractivity contribution in [3.63, 3.8) is 0 Å².